The molecule has 1 aliphatic rings. The van der Waals surface area contributed by atoms with Crippen molar-refractivity contribution < 1.29 is 14.6 Å². The van der Waals surface area contributed by atoms with E-state index in [0.717, 1.165) is 57.0 Å². The monoisotopic (exact) mass is 279 g/mol. The maximum atomic E-state index is 9.40. The summed E-state index contributed by atoms with van der Waals surface area (Å²) in [7, 11) is 0. The molecule has 1 saturated heterocycles. The van der Waals surface area contributed by atoms with Crippen LogP contribution in [0.4, 0.5) is 0 Å². The van der Waals surface area contributed by atoms with E-state index in [-0.39, 0.29) is 6.61 Å². The molecule has 1 aliphatic heterocycles. The van der Waals surface area contributed by atoms with E-state index >= 15 is 0 Å². The lowest BCUT2D eigenvalue weighted by molar-refractivity contribution is 0.0374. The fourth-order valence-electron chi connectivity index (χ4n) is 2.54. The molecule has 0 spiro atoms. The van der Waals surface area contributed by atoms with Crippen molar-refractivity contribution in [3.8, 4) is 5.75 Å². The maximum absolute atomic E-state index is 9.40. The number of aliphatic hydroxyl groups excluding tert-OH is 1. The van der Waals surface area contributed by atoms with Gasteiger partial charge in [0.05, 0.1) is 26.4 Å². The van der Waals surface area contributed by atoms with Crippen LogP contribution in [0.15, 0.2) is 18.2 Å². The molecule has 4 nitrogen and oxygen atoms in total. The average molecular weight is 279 g/mol. The van der Waals surface area contributed by atoms with Crippen LogP contribution < -0.4 is 4.74 Å². The molecule has 1 aromatic carbocycles. The zero-order chi connectivity index (χ0) is 14.2. The number of rotatable bonds is 7. The third-order valence-corrected chi connectivity index (χ3v) is 3.64. The third-order valence-electron chi connectivity index (χ3n) is 3.64. The van der Waals surface area contributed by atoms with Crippen molar-refractivity contribution in [2.75, 3.05) is 39.5 Å². The highest BCUT2D eigenvalue weighted by Gasteiger charge is 2.10. The van der Waals surface area contributed by atoms with Gasteiger partial charge in [0.15, 0.2) is 0 Å². The SMILES string of the molecule is CCOc1ccc(CCCN2CCOCC2)cc1CO. The Morgan fingerprint density at radius 3 is 2.80 bits per heavy atom. The van der Waals surface area contributed by atoms with Crippen molar-refractivity contribution in [2.24, 2.45) is 0 Å². The summed E-state index contributed by atoms with van der Waals surface area (Å²) in [5.74, 6) is 0.798. The van der Waals surface area contributed by atoms with Gasteiger partial charge < -0.3 is 14.6 Å². The van der Waals surface area contributed by atoms with Crippen LogP contribution in [0.25, 0.3) is 0 Å². The second kappa shape index (κ2) is 8.25. The van der Waals surface area contributed by atoms with Crippen LogP contribution in [0.2, 0.25) is 0 Å². The Labute approximate surface area is 121 Å². The fraction of sp³-hybridized carbons (Fsp3) is 0.625. The van der Waals surface area contributed by atoms with Gasteiger partial charge in [-0.25, -0.2) is 0 Å². The van der Waals surface area contributed by atoms with Crippen molar-refractivity contribution >= 4 is 0 Å². The summed E-state index contributed by atoms with van der Waals surface area (Å²) < 4.78 is 10.8. The van der Waals surface area contributed by atoms with Gasteiger partial charge in [-0.15, -0.1) is 0 Å². The number of hydrogen-bond acceptors (Lipinski definition) is 4. The molecule has 0 bridgehead atoms. The fourth-order valence-corrected chi connectivity index (χ4v) is 2.54. The lowest BCUT2D eigenvalue weighted by atomic mass is 10.1. The highest BCUT2D eigenvalue weighted by atomic mass is 16.5. The summed E-state index contributed by atoms with van der Waals surface area (Å²) in [5.41, 5.74) is 2.15. The van der Waals surface area contributed by atoms with Crippen LogP contribution >= 0.6 is 0 Å². The molecule has 1 heterocycles. The number of hydrogen-bond donors (Lipinski definition) is 1. The topological polar surface area (TPSA) is 41.9 Å². The van der Waals surface area contributed by atoms with Crippen LogP contribution in [-0.4, -0.2) is 49.5 Å². The van der Waals surface area contributed by atoms with E-state index in [9.17, 15) is 5.11 Å². The number of nitrogens with zero attached hydrogens (tertiary/aromatic N) is 1. The Morgan fingerprint density at radius 1 is 1.30 bits per heavy atom. The number of aryl methyl sites for hydroxylation is 1. The Balaban J connectivity index is 1.82. The summed E-state index contributed by atoms with van der Waals surface area (Å²) in [5, 5.41) is 9.40. The van der Waals surface area contributed by atoms with Crippen molar-refractivity contribution in [3.05, 3.63) is 29.3 Å². The van der Waals surface area contributed by atoms with Gasteiger partial charge in [-0.3, -0.25) is 4.90 Å². The Bertz CT molecular complexity index is 403. The second-order valence-electron chi connectivity index (χ2n) is 5.09. The van der Waals surface area contributed by atoms with Crippen LogP contribution in [-0.2, 0) is 17.8 Å². The molecule has 0 atom stereocenters. The van der Waals surface area contributed by atoms with Crippen LogP contribution in [0.3, 0.4) is 0 Å². The molecule has 4 heteroatoms. The van der Waals surface area contributed by atoms with E-state index < -0.39 is 0 Å². The average Bonchev–Trinajstić information content (AvgIpc) is 2.50. The summed E-state index contributed by atoms with van der Waals surface area (Å²) in [6.45, 7) is 7.55. The Morgan fingerprint density at radius 2 is 2.10 bits per heavy atom. The Hall–Kier alpha value is -1.10. The van der Waals surface area contributed by atoms with E-state index in [1.807, 2.05) is 13.0 Å². The number of aliphatic hydroxyl groups is 1. The standard InChI is InChI=1S/C16H25NO3/c1-2-20-16-6-5-14(12-15(16)13-18)4-3-7-17-8-10-19-11-9-17/h5-6,12,18H,2-4,7-11,13H2,1H3. The van der Waals surface area contributed by atoms with Crippen LogP contribution in [0, 0.1) is 0 Å². The minimum absolute atomic E-state index is 0.0344. The number of morpholine rings is 1. The maximum Gasteiger partial charge on any atom is 0.124 e. The minimum Gasteiger partial charge on any atom is -0.494 e. The predicted molar refractivity (Wildman–Crippen MR) is 79.1 cm³/mol. The van der Waals surface area contributed by atoms with Gasteiger partial charge in [-0.2, -0.15) is 0 Å². The van der Waals surface area contributed by atoms with E-state index in [1.54, 1.807) is 0 Å². The molecule has 0 radical (unpaired) electrons. The minimum atomic E-state index is 0.0344. The quantitative estimate of drug-likeness (QED) is 0.827. The molecular formula is C16H25NO3. The molecule has 2 rings (SSSR count). The first kappa shape index (κ1) is 15.3. The first-order valence-electron chi connectivity index (χ1n) is 7.49. The highest BCUT2D eigenvalue weighted by Crippen LogP contribution is 2.21. The first-order chi connectivity index (χ1) is 9.83. The molecule has 0 amide bonds. The predicted octanol–water partition coefficient (Wildman–Crippen LogP) is 1.84. The number of benzene rings is 1. The van der Waals surface area contributed by atoms with Gasteiger partial charge in [0.1, 0.15) is 5.75 Å². The molecule has 1 N–H and O–H groups in total. The molecule has 0 aliphatic carbocycles. The highest BCUT2D eigenvalue weighted by molar-refractivity contribution is 5.37. The first-order valence-corrected chi connectivity index (χ1v) is 7.49. The van der Waals surface area contributed by atoms with Crippen molar-refractivity contribution in [1.82, 2.24) is 4.90 Å². The largest absolute Gasteiger partial charge is 0.494 e. The van der Waals surface area contributed by atoms with Gasteiger partial charge in [0.2, 0.25) is 0 Å². The van der Waals surface area contributed by atoms with E-state index in [2.05, 4.69) is 17.0 Å². The lowest BCUT2D eigenvalue weighted by Crippen LogP contribution is -2.36. The van der Waals surface area contributed by atoms with Crippen LogP contribution in [0.1, 0.15) is 24.5 Å². The molecule has 20 heavy (non-hydrogen) atoms. The van der Waals surface area contributed by atoms with E-state index in [0.29, 0.717) is 6.61 Å². The van der Waals surface area contributed by atoms with Gasteiger partial charge in [0, 0.05) is 18.7 Å². The van der Waals surface area contributed by atoms with Gasteiger partial charge in [-0.05, 0) is 44.0 Å². The summed E-state index contributed by atoms with van der Waals surface area (Å²) in [6, 6.07) is 6.13. The Kier molecular flexibility index (Phi) is 6.30. The summed E-state index contributed by atoms with van der Waals surface area (Å²) >= 11 is 0. The number of ether oxygens (including phenoxy) is 2. The van der Waals surface area contributed by atoms with Gasteiger partial charge in [-0.1, -0.05) is 6.07 Å². The van der Waals surface area contributed by atoms with Gasteiger partial charge >= 0.3 is 0 Å². The van der Waals surface area contributed by atoms with E-state index in [1.165, 1.54) is 5.56 Å². The van der Waals surface area contributed by atoms with E-state index in [4.69, 9.17) is 9.47 Å². The third kappa shape index (κ3) is 4.47. The lowest BCUT2D eigenvalue weighted by Gasteiger charge is -2.26. The molecule has 112 valence electrons. The van der Waals surface area contributed by atoms with Gasteiger partial charge in [0.25, 0.3) is 0 Å². The summed E-state index contributed by atoms with van der Waals surface area (Å²) in [4.78, 5) is 2.45. The zero-order valence-corrected chi connectivity index (χ0v) is 12.3. The zero-order valence-electron chi connectivity index (χ0n) is 12.3. The second-order valence-corrected chi connectivity index (χ2v) is 5.09. The van der Waals surface area contributed by atoms with Crippen LogP contribution in [0.5, 0.6) is 5.75 Å². The molecule has 1 fully saturated rings. The van der Waals surface area contributed by atoms with Crippen molar-refractivity contribution in [3.63, 3.8) is 0 Å². The summed E-state index contributed by atoms with van der Waals surface area (Å²) in [6.07, 6.45) is 2.18. The van der Waals surface area contributed by atoms with Crippen molar-refractivity contribution in [1.29, 1.82) is 0 Å². The van der Waals surface area contributed by atoms with Crippen molar-refractivity contribution in [2.45, 2.75) is 26.4 Å². The molecule has 0 unspecified atom stereocenters. The smallest absolute Gasteiger partial charge is 0.124 e. The molecule has 1 aromatic rings. The molecular weight excluding hydrogens is 254 g/mol. The molecule has 0 saturated carbocycles. The molecule has 0 aromatic heterocycles. The normalized spacial score (nSPS) is 16.3.